The van der Waals surface area contributed by atoms with Crippen LogP contribution in [0.1, 0.15) is 11.1 Å². The maximum atomic E-state index is 11.9. The summed E-state index contributed by atoms with van der Waals surface area (Å²) in [5.41, 5.74) is 1.83. The molecule has 2 rings (SSSR count). The molecule has 0 fully saturated rings. The van der Waals surface area contributed by atoms with Gasteiger partial charge in [-0.15, -0.1) is 0 Å². The maximum Gasteiger partial charge on any atom is 0.276 e. The van der Waals surface area contributed by atoms with Crippen molar-refractivity contribution in [1.29, 1.82) is 0 Å². The molecule has 0 spiro atoms. The summed E-state index contributed by atoms with van der Waals surface area (Å²) in [4.78, 5) is 2.38. The Labute approximate surface area is 141 Å². The van der Waals surface area contributed by atoms with Crippen LogP contribution in [0.5, 0.6) is 0 Å². The molecule has 4 nitrogen and oxygen atoms in total. The Hall–Kier alpha value is -1.14. The molecule has 2 aromatic carbocycles. The van der Waals surface area contributed by atoms with Crippen molar-refractivity contribution in [2.24, 2.45) is 5.10 Å². The topological polar surface area (TPSA) is 58.5 Å². The van der Waals surface area contributed by atoms with E-state index >= 15 is 0 Å². The average molecular weight is 297 g/mol. The van der Waals surface area contributed by atoms with Crippen molar-refractivity contribution in [3.63, 3.8) is 0 Å². The van der Waals surface area contributed by atoms with Crippen molar-refractivity contribution in [2.45, 2.75) is 11.8 Å². The molecule has 0 aromatic heterocycles. The number of hydrogen-bond acceptors (Lipinski definition) is 3. The molecule has 2 aromatic rings. The van der Waals surface area contributed by atoms with Gasteiger partial charge in [-0.1, -0.05) is 48.0 Å². The molecule has 0 amide bonds. The first-order valence-corrected chi connectivity index (χ1v) is 7.23. The quantitative estimate of drug-likeness (QED) is 0.532. The van der Waals surface area contributed by atoms with Gasteiger partial charge in [-0.25, -0.2) is 4.83 Å². The standard InChI is InChI=1S/C14H14N2O2S.Na/c1-12-7-9-14(10-8-12)19(17,18)16-15-11-13-5-3-2-4-6-13;/h2-11,16H,1H3;. The van der Waals surface area contributed by atoms with E-state index in [9.17, 15) is 8.42 Å². The Balaban J connectivity index is 0.00000200. The first-order chi connectivity index (χ1) is 9.08. The molecule has 0 atom stereocenters. The molecule has 0 saturated carbocycles. The first kappa shape index (κ1) is 16.9. The van der Waals surface area contributed by atoms with E-state index in [1.54, 1.807) is 24.3 Å². The van der Waals surface area contributed by atoms with E-state index in [-0.39, 0.29) is 34.5 Å². The summed E-state index contributed by atoms with van der Waals surface area (Å²) in [5.74, 6) is 0. The second kappa shape index (κ2) is 7.59. The molecule has 0 aliphatic rings. The van der Waals surface area contributed by atoms with Crippen LogP contribution in [0.4, 0.5) is 0 Å². The Bertz CT molecular complexity index is 668. The van der Waals surface area contributed by atoms with Crippen molar-refractivity contribution in [1.82, 2.24) is 4.83 Å². The minimum Gasteiger partial charge on any atom is -0.200 e. The van der Waals surface area contributed by atoms with E-state index in [0.29, 0.717) is 0 Å². The number of nitrogens with one attached hydrogen (secondary N) is 1. The monoisotopic (exact) mass is 297 g/mol. The second-order valence-electron chi connectivity index (χ2n) is 4.08. The fraction of sp³-hybridized carbons (Fsp3) is 0.0714. The number of nitrogens with zero attached hydrogens (tertiary/aromatic N) is 1. The van der Waals surface area contributed by atoms with Crippen molar-refractivity contribution >= 4 is 45.8 Å². The van der Waals surface area contributed by atoms with Gasteiger partial charge in [-0.05, 0) is 24.6 Å². The summed E-state index contributed by atoms with van der Waals surface area (Å²) in [7, 11) is -3.60. The number of benzene rings is 2. The molecule has 1 N–H and O–H groups in total. The molecule has 0 aliphatic carbocycles. The summed E-state index contributed by atoms with van der Waals surface area (Å²) in [5, 5.41) is 3.75. The zero-order chi connectivity index (χ0) is 13.7. The average Bonchev–Trinajstić information content (AvgIpc) is 2.40. The molecule has 99 valence electrons. The zero-order valence-corrected chi connectivity index (χ0v) is 14.3. The van der Waals surface area contributed by atoms with Crippen LogP contribution in [0.3, 0.4) is 0 Å². The fourth-order valence-electron chi connectivity index (χ4n) is 1.48. The third kappa shape index (κ3) is 4.76. The third-order valence-corrected chi connectivity index (χ3v) is 3.76. The van der Waals surface area contributed by atoms with Crippen LogP contribution < -0.4 is 4.83 Å². The molecular weight excluding hydrogens is 283 g/mol. The van der Waals surface area contributed by atoms with E-state index < -0.39 is 10.0 Å². The van der Waals surface area contributed by atoms with Gasteiger partial charge < -0.3 is 0 Å². The van der Waals surface area contributed by atoms with Gasteiger partial charge in [-0.3, -0.25) is 0 Å². The van der Waals surface area contributed by atoms with E-state index in [0.717, 1.165) is 11.1 Å². The Morgan fingerprint density at radius 3 is 2.20 bits per heavy atom. The molecule has 6 heteroatoms. The van der Waals surface area contributed by atoms with E-state index in [4.69, 9.17) is 0 Å². The van der Waals surface area contributed by atoms with Crippen LogP contribution in [0.25, 0.3) is 0 Å². The number of aryl methyl sites for hydroxylation is 1. The normalized spacial score (nSPS) is 11.1. The Kier molecular flexibility index (Phi) is 6.42. The molecular formula is C14H14N2NaO2S. The predicted molar refractivity (Wildman–Crippen MR) is 81.3 cm³/mol. The van der Waals surface area contributed by atoms with E-state index in [1.807, 2.05) is 37.3 Å². The summed E-state index contributed by atoms with van der Waals surface area (Å²) >= 11 is 0. The van der Waals surface area contributed by atoms with Gasteiger partial charge in [-0.2, -0.15) is 13.5 Å². The molecule has 20 heavy (non-hydrogen) atoms. The van der Waals surface area contributed by atoms with Crippen molar-refractivity contribution in [3.05, 3.63) is 65.7 Å². The second-order valence-corrected chi connectivity index (χ2v) is 5.74. The van der Waals surface area contributed by atoms with Gasteiger partial charge in [0.25, 0.3) is 10.0 Å². The largest absolute Gasteiger partial charge is 0.276 e. The van der Waals surface area contributed by atoms with Gasteiger partial charge >= 0.3 is 0 Å². The predicted octanol–water partition coefficient (Wildman–Crippen LogP) is 1.93. The number of rotatable bonds is 4. The summed E-state index contributed by atoms with van der Waals surface area (Å²) < 4.78 is 23.8. The van der Waals surface area contributed by atoms with Gasteiger partial charge in [0, 0.05) is 29.6 Å². The summed E-state index contributed by atoms with van der Waals surface area (Å²) in [6, 6.07) is 15.9. The third-order valence-electron chi connectivity index (χ3n) is 2.52. The van der Waals surface area contributed by atoms with Crippen LogP contribution in [-0.2, 0) is 10.0 Å². The van der Waals surface area contributed by atoms with Gasteiger partial charge in [0.1, 0.15) is 0 Å². The van der Waals surface area contributed by atoms with Crippen LogP contribution in [-0.4, -0.2) is 44.2 Å². The van der Waals surface area contributed by atoms with Gasteiger partial charge in [0.15, 0.2) is 0 Å². The Morgan fingerprint density at radius 1 is 1.00 bits per heavy atom. The smallest absolute Gasteiger partial charge is 0.200 e. The molecule has 0 saturated heterocycles. The number of hydrogen-bond donors (Lipinski definition) is 1. The van der Waals surface area contributed by atoms with Crippen molar-refractivity contribution < 1.29 is 8.42 Å². The van der Waals surface area contributed by atoms with Crippen LogP contribution in [0.15, 0.2) is 64.6 Å². The van der Waals surface area contributed by atoms with Crippen LogP contribution >= 0.6 is 0 Å². The van der Waals surface area contributed by atoms with Crippen molar-refractivity contribution in [3.8, 4) is 0 Å². The van der Waals surface area contributed by atoms with E-state index in [2.05, 4.69) is 9.93 Å². The van der Waals surface area contributed by atoms with Gasteiger partial charge in [0.2, 0.25) is 0 Å². The Morgan fingerprint density at radius 2 is 1.60 bits per heavy atom. The van der Waals surface area contributed by atoms with Crippen molar-refractivity contribution in [2.75, 3.05) is 0 Å². The SMILES string of the molecule is Cc1ccc(S(=O)(=O)NN=Cc2ccccc2)cc1.[Na]. The van der Waals surface area contributed by atoms with Gasteiger partial charge in [0.05, 0.1) is 11.1 Å². The molecule has 0 aliphatic heterocycles. The number of hydrazone groups is 1. The zero-order valence-electron chi connectivity index (χ0n) is 11.4. The summed E-state index contributed by atoms with van der Waals surface area (Å²) in [6.07, 6.45) is 1.46. The minimum absolute atomic E-state index is 0. The fourth-order valence-corrected chi connectivity index (χ4v) is 2.27. The van der Waals surface area contributed by atoms with Crippen LogP contribution in [0.2, 0.25) is 0 Å². The minimum atomic E-state index is -3.60. The molecule has 0 bridgehead atoms. The molecule has 0 unspecified atom stereocenters. The first-order valence-electron chi connectivity index (χ1n) is 5.74. The maximum absolute atomic E-state index is 11.9. The van der Waals surface area contributed by atoms with E-state index in [1.165, 1.54) is 6.21 Å². The molecule has 0 heterocycles. The number of sulfonamides is 1. The van der Waals surface area contributed by atoms with Crippen LogP contribution in [0, 0.1) is 6.92 Å². The molecule has 1 radical (unpaired) electrons. The summed E-state index contributed by atoms with van der Waals surface area (Å²) in [6.45, 7) is 1.90.